The molecule has 4 nitrogen and oxygen atoms in total. The molecule has 0 aliphatic heterocycles. The number of hydrogen-bond donors (Lipinski definition) is 0. The largest absolute Gasteiger partial charge is 0.372 e. The second-order valence-electron chi connectivity index (χ2n) is 13.0. The second kappa shape index (κ2) is 39.5. The predicted molar refractivity (Wildman–Crippen MR) is 275 cm³/mol. The highest BCUT2D eigenvalue weighted by Gasteiger charge is 2.08. The average molecular weight is 864 g/mol. The normalized spacial score (nSPS) is 10.1. The van der Waals surface area contributed by atoms with Crippen molar-refractivity contribution in [2.24, 2.45) is 0 Å². The lowest BCUT2D eigenvalue weighted by Crippen LogP contribution is -2.32. The zero-order valence-electron chi connectivity index (χ0n) is 40.8. The van der Waals surface area contributed by atoms with E-state index in [0.29, 0.717) is 0 Å². The number of aromatic nitrogens is 2. The third kappa shape index (κ3) is 23.4. The van der Waals surface area contributed by atoms with E-state index in [4.69, 9.17) is 23.2 Å². The van der Waals surface area contributed by atoms with E-state index in [9.17, 15) is 0 Å². The van der Waals surface area contributed by atoms with Crippen LogP contribution in [0.2, 0.25) is 10.0 Å². The number of hydrogen-bond acceptors (Lipinski definition) is 2. The molecule has 0 aliphatic rings. The van der Waals surface area contributed by atoms with Crippen molar-refractivity contribution >= 4 is 58.9 Å². The monoisotopic (exact) mass is 863 g/mol. The van der Waals surface area contributed by atoms with E-state index in [1.54, 1.807) is 0 Å². The minimum absolute atomic E-state index is 0.796. The van der Waals surface area contributed by atoms with Crippen LogP contribution in [0.15, 0.2) is 85.5 Å². The number of nitrogens with zero attached hydrogens (tertiary/aromatic N) is 4. The summed E-state index contributed by atoms with van der Waals surface area (Å²) >= 11 is 13.3. The van der Waals surface area contributed by atoms with E-state index in [-0.39, 0.29) is 0 Å². The van der Waals surface area contributed by atoms with Gasteiger partial charge in [0.2, 0.25) is 0 Å². The quantitative estimate of drug-likeness (QED) is 0.0612. The Kier molecular flexibility index (Phi) is 38.5. The number of anilines is 2. The molecular weight excluding hydrogens is 776 g/mol. The molecule has 0 atom stereocenters. The van der Waals surface area contributed by atoms with Crippen LogP contribution in [-0.2, 0) is 13.1 Å². The number of benzene rings is 2. The summed E-state index contributed by atoms with van der Waals surface area (Å²) in [7, 11) is 0. The Morgan fingerprint density at radius 1 is 0.400 bits per heavy atom. The van der Waals surface area contributed by atoms with Crippen LogP contribution in [0.1, 0.15) is 171 Å². The fourth-order valence-electron chi connectivity index (χ4n) is 6.38. The molecule has 0 fully saturated rings. The lowest BCUT2D eigenvalue weighted by molar-refractivity contribution is -0.697. The molecule has 60 heavy (non-hydrogen) atoms. The minimum atomic E-state index is 0.796. The maximum absolute atomic E-state index is 6.64. The number of halogens is 2. The lowest BCUT2D eigenvalue weighted by atomic mass is 10.1. The summed E-state index contributed by atoms with van der Waals surface area (Å²) in [4.78, 5) is 4.71. The molecule has 2 aromatic heterocycles. The molecule has 0 aliphatic carbocycles. The highest BCUT2D eigenvalue weighted by atomic mass is 35.5. The summed E-state index contributed by atoms with van der Waals surface area (Å²) in [5, 5.41) is 1.59. The van der Waals surface area contributed by atoms with Crippen LogP contribution in [-0.4, -0.2) is 26.2 Å². The Balaban J connectivity index is 0. The molecule has 336 valence electrons. The Morgan fingerprint density at radius 2 is 0.683 bits per heavy atom. The van der Waals surface area contributed by atoms with Gasteiger partial charge in [0.15, 0.2) is 24.8 Å². The SMILES string of the molecule is CC.CC.CC.CC.CC.CCN(CC)c1ccc(/C=C/c2cc[n+](CCCCCCCCCC[n+]3ccc(/C=C/c4ccc(N(CC)CC)cc4)c(Cl)c3)cc2Cl)cc1. The molecule has 0 bridgehead atoms. The molecule has 0 saturated heterocycles. The van der Waals surface area contributed by atoms with Gasteiger partial charge in [-0.25, -0.2) is 9.13 Å². The minimum Gasteiger partial charge on any atom is -0.372 e. The third-order valence-electron chi connectivity index (χ3n) is 9.54. The van der Waals surface area contributed by atoms with E-state index in [2.05, 4.69) is 156 Å². The molecule has 2 heterocycles. The first-order valence-electron chi connectivity index (χ1n) is 23.9. The third-order valence-corrected chi connectivity index (χ3v) is 10.2. The summed E-state index contributed by atoms with van der Waals surface area (Å²) in [5.74, 6) is 0. The molecule has 0 spiro atoms. The molecule has 0 amide bonds. The van der Waals surface area contributed by atoms with Gasteiger partial charge in [-0.1, -0.05) is 167 Å². The molecule has 0 saturated carbocycles. The van der Waals surface area contributed by atoms with Gasteiger partial charge in [-0.15, -0.1) is 0 Å². The van der Waals surface area contributed by atoms with Gasteiger partial charge in [0.1, 0.15) is 23.1 Å². The highest BCUT2D eigenvalue weighted by Crippen LogP contribution is 2.21. The Labute approximate surface area is 381 Å². The fourth-order valence-corrected chi connectivity index (χ4v) is 6.88. The van der Waals surface area contributed by atoms with Gasteiger partial charge in [-0.3, -0.25) is 0 Å². The number of pyridine rings is 2. The second-order valence-corrected chi connectivity index (χ2v) is 13.8. The van der Waals surface area contributed by atoms with E-state index in [1.807, 2.05) is 69.2 Å². The van der Waals surface area contributed by atoms with E-state index >= 15 is 0 Å². The van der Waals surface area contributed by atoms with Gasteiger partial charge >= 0.3 is 0 Å². The average Bonchev–Trinajstić information content (AvgIpc) is 3.31. The van der Waals surface area contributed by atoms with Crippen LogP contribution < -0.4 is 18.9 Å². The van der Waals surface area contributed by atoms with Crippen LogP contribution in [0.5, 0.6) is 0 Å². The van der Waals surface area contributed by atoms with Gasteiger partial charge in [0.05, 0.1) is 0 Å². The molecule has 2 aromatic carbocycles. The molecule has 0 unspecified atom stereocenters. The zero-order valence-corrected chi connectivity index (χ0v) is 42.3. The molecular formula is C54H88Cl2N4+2. The van der Waals surface area contributed by atoms with Gasteiger partial charge in [0, 0.05) is 73.7 Å². The molecule has 4 aromatic rings. The molecule has 4 rings (SSSR count). The van der Waals surface area contributed by atoms with Crippen LogP contribution in [0, 0.1) is 0 Å². The maximum atomic E-state index is 6.64. The lowest BCUT2D eigenvalue weighted by Gasteiger charge is -2.20. The van der Waals surface area contributed by atoms with Crippen molar-refractivity contribution in [1.29, 1.82) is 0 Å². The summed E-state index contributed by atoms with van der Waals surface area (Å²) in [6, 6.07) is 21.7. The summed E-state index contributed by atoms with van der Waals surface area (Å²) in [6.45, 7) is 34.9. The molecule has 0 N–H and O–H groups in total. The van der Waals surface area contributed by atoms with Crippen LogP contribution in [0.25, 0.3) is 24.3 Å². The topological polar surface area (TPSA) is 14.2 Å². The number of unbranched alkanes of at least 4 members (excludes halogenated alkanes) is 7. The van der Waals surface area contributed by atoms with Gasteiger partial charge in [-0.05, 0) is 75.9 Å². The maximum Gasteiger partial charge on any atom is 0.188 e. The first kappa shape index (κ1) is 58.5. The summed E-state index contributed by atoms with van der Waals surface area (Å²) in [5.41, 5.74) is 6.99. The molecule has 6 heteroatoms. The van der Waals surface area contributed by atoms with Crippen molar-refractivity contribution in [3.63, 3.8) is 0 Å². The van der Waals surface area contributed by atoms with Crippen molar-refractivity contribution in [3.05, 3.63) is 118 Å². The standard InChI is InChI=1S/C44H58Cl2N4.5C2H6/c1-5-49(6-2)41-25-19-37(20-26-41)17-23-39-29-33-47(35-43(39)45)31-15-13-11-9-10-12-14-16-32-48-34-30-40(44(46)36-48)24-18-38-21-27-42(28-22-38)50(7-3)8-4;5*1-2/h17-30,33-36H,5-16,31-32H2,1-4H3;5*1-2H3/q+2;;;;;. The summed E-state index contributed by atoms with van der Waals surface area (Å²) in [6.07, 6.45) is 27.0. The van der Waals surface area contributed by atoms with Gasteiger partial charge in [-0.2, -0.15) is 0 Å². The first-order chi connectivity index (χ1) is 29.4. The van der Waals surface area contributed by atoms with Gasteiger partial charge < -0.3 is 9.80 Å². The predicted octanol–water partition coefficient (Wildman–Crippen LogP) is 16.6. The van der Waals surface area contributed by atoms with Crippen molar-refractivity contribution in [1.82, 2.24) is 0 Å². The summed E-state index contributed by atoms with van der Waals surface area (Å²) < 4.78 is 4.44. The van der Waals surface area contributed by atoms with Crippen molar-refractivity contribution in [2.75, 3.05) is 36.0 Å². The van der Waals surface area contributed by atoms with Crippen LogP contribution >= 0.6 is 23.2 Å². The zero-order chi connectivity index (χ0) is 45.6. The van der Waals surface area contributed by atoms with E-state index in [1.165, 1.54) is 73.9 Å². The van der Waals surface area contributed by atoms with Crippen LogP contribution in [0.4, 0.5) is 11.4 Å². The Hall–Kier alpha value is -3.60. The number of rotatable bonds is 21. The van der Waals surface area contributed by atoms with E-state index < -0.39 is 0 Å². The van der Waals surface area contributed by atoms with Gasteiger partial charge in [0.25, 0.3) is 0 Å². The van der Waals surface area contributed by atoms with Crippen molar-refractivity contribution in [3.8, 4) is 0 Å². The Morgan fingerprint density at radius 3 is 0.950 bits per heavy atom. The fraction of sp³-hybridized carbons (Fsp3) is 0.519. The van der Waals surface area contributed by atoms with Crippen molar-refractivity contribution < 1.29 is 9.13 Å². The number of aryl methyl sites for hydroxylation is 2. The smallest absolute Gasteiger partial charge is 0.188 e. The highest BCUT2D eigenvalue weighted by molar-refractivity contribution is 6.32. The first-order valence-corrected chi connectivity index (χ1v) is 24.6. The van der Waals surface area contributed by atoms with E-state index in [0.717, 1.165) is 60.4 Å². The van der Waals surface area contributed by atoms with Crippen LogP contribution in [0.3, 0.4) is 0 Å². The molecule has 0 radical (unpaired) electrons. The Bertz CT molecular complexity index is 1500. The van der Waals surface area contributed by atoms with Crippen molar-refractivity contribution in [2.45, 2.75) is 161 Å².